The molecule has 0 unspecified atom stereocenters. The van der Waals surface area contributed by atoms with Gasteiger partial charge in [0, 0.05) is 5.56 Å². The van der Waals surface area contributed by atoms with Crippen LogP contribution in [0.15, 0.2) is 66.7 Å². The van der Waals surface area contributed by atoms with Crippen LogP contribution in [0.4, 0.5) is 17.6 Å². The van der Waals surface area contributed by atoms with Gasteiger partial charge in [-0.2, -0.15) is 0 Å². The van der Waals surface area contributed by atoms with E-state index in [0.29, 0.717) is 23.8 Å². The predicted octanol–water partition coefficient (Wildman–Crippen LogP) is 9.89. The highest BCUT2D eigenvalue weighted by atomic mass is 19.1. The lowest BCUT2D eigenvalue weighted by molar-refractivity contribution is 0.296. The molecule has 190 valence electrons. The second-order valence-corrected chi connectivity index (χ2v) is 10.2. The van der Waals surface area contributed by atoms with Crippen molar-refractivity contribution in [3.8, 4) is 11.1 Å². The molecule has 1 atom stereocenters. The van der Waals surface area contributed by atoms with Gasteiger partial charge in [-0.1, -0.05) is 49.4 Å². The van der Waals surface area contributed by atoms with Gasteiger partial charge in [-0.3, -0.25) is 0 Å². The van der Waals surface area contributed by atoms with Crippen LogP contribution in [-0.4, -0.2) is 0 Å². The first-order chi connectivity index (χ1) is 17.4. The number of allylic oxidation sites excluding steroid dienone is 2. The van der Waals surface area contributed by atoms with E-state index in [1.807, 2.05) is 25.1 Å². The van der Waals surface area contributed by atoms with Crippen molar-refractivity contribution in [3.63, 3.8) is 0 Å². The molecule has 0 spiro atoms. The van der Waals surface area contributed by atoms with Gasteiger partial charge in [-0.05, 0) is 111 Å². The fourth-order valence-corrected chi connectivity index (χ4v) is 5.63. The van der Waals surface area contributed by atoms with Crippen LogP contribution in [0.2, 0.25) is 0 Å². The van der Waals surface area contributed by atoms with Crippen LogP contribution < -0.4 is 0 Å². The third-order valence-corrected chi connectivity index (χ3v) is 7.66. The number of benzene rings is 3. The van der Waals surface area contributed by atoms with E-state index in [1.165, 1.54) is 17.7 Å². The number of rotatable bonds is 8. The normalized spacial score (nSPS) is 19.1. The number of halogens is 4. The maximum absolute atomic E-state index is 15.1. The Kier molecular flexibility index (Phi) is 8.66. The minimum absolute atomic E-state index is 0.0624. The van der Waals surface area contributed by atoms with Gasteiger partial charge in [0.2, 0.25) is 0 Å². The largest absolute Gasteiger partial charge is 0.207 e. The summed E-state index contributed by atoms with van der Waals surface area (Å²) in [5.41, 5.74) is 1.43. The van der Waals surface area contributed by atoms with E-state index in [0.717, 1.165) is 44.2 Å². The topological polar surface area (TPSA) is 0 Å². The molecule has 4 heteroatoms. The zero-order chi connectivity index (χ0) is 25.7. The lowest BCUT2D eigenvalue weighted by Crippen LogP contribution is -2.15. The summed E-state index contributed by atoms with van der Waals surface area (Å²) in [7, 11) is 0. The van der Waals surface area contributed by atoms with E-state index in [2.05, 4.69) is 31.2 Å². The average molecular weight is 495 g/mol. The molecule has 0 bridgehead atoms. The highest BCUT2D eigenvalue weighted by Crippen LogP contribution is 2.41. The van der Waals surface area contributed by atoms with Crippen molar-refractivity contribution in [2.45, 2.75) is 70.6 Å². The Hall–Kier alpha value is -2.88. The Morgan fingerprint density at radius 3 is 2.03 bits per heavy atom. The van der Waals surface area contributed by atoms with E-state index in [-0.39, 0.29) is 29.0 Å². The zero-order valence-corrected chi connectivity index (χ0v) is 21.0. The zero-order valence-electron chi connectivity index (χ0n) is 21.0. The highest BCUT2D eigenvalue weighted by Gasteiger charge is 2.26. The molecule has 3 aromatic carbocycles. The monoisotopic (exact) mass is 494 g/mol. The number of hydrogen-bond acceptors (Lipinski definition) is 0. The minimum atomic E-state index is -0.777. The van der Waals surface area contributed by atoms with Gasteiger partial charge >= 0.3 is 0 Å². The van der Waals surface area contributed by atoms with Crippen molar-refractivity contribution in [3.05, 3.63) is 107 Å². The maximum atomic E-state index is 15.1. The molecule has 3 aromatic rings. The first-order valence-electron chi connectivity index (χ1n) is 13.0. The molecule has 0 radical (unpaired) electrons. The Bertz CT molecular complexity index is 1140. The van der Waals surface area contributed by atoms with Crippen molar-refractivity contribution < 1.29 is 17.6 Å². The average Bonchev–Trinajstić information content (AvgIpc) is 2.86. The standard InChI is InChI=1S/C32H34F4/c1-3-4-6-11-27-28(33)19-26(20-29(27)34)32-30(35)17-25(18-31(32)36)24-14-12-22(13-15-24)16-21(2)23-9-7-5-8-10-23/h3-5,7-10,17-22,24H,6,11-16H2,1-2H3/b4-3+/t21-,22?,24?/m1/s1. The Labute approximate surface area is 212 Å². The third kappa shape index (κ3) is 6.08. The van der Waals surface area contributed by atoms with Gasteiger partial charge in [0.25, 0.3) is 0 Å². The Morgan fingerprint density at radius 2 is 1.44 bits per heavy atom. The Morgan fingerprint density at radius 1 is 0.833 bits per heavy atom. The molecule has 0 saturated heterocycles. The van der Waals surface area contributed by atoms with Crippen LogP contribution >= 0.6 is 0 Å². The van der Waals surface area contributed by atoms with E-state index < -0.39 is 23.3 Å². The van der Waals surface area contributed by atoms with Crippen LogP contribution in [0.3, 0.4) is 0 Å². The predicted molar refractivity (Wildman–Crippen MR) is 139 cm³/mol. The van der Waals surface area contributed by atoms with Crippen molar-refractivity contribution in [2.24, 2.45) is 5.92 Å². The first-order valence-corrected chi connectivity index (χ1v) is 13.0. The summed E-state index contributed by atoms with van der Waals surface area (Å²) in [5.74, 6) is -1.93. The van der Waals surface area contributed by atoms with Gasteiger partial charge in [0.1, 0.15) is 23.3 Å². The first kappa shape index (κ1) is 26.2. The molecule has 36 heavy (non-hydrogen) atoms. The van der Waals surface area contributed by atoms with E-state index >= 15 is 8.78 Å². The molecule has 0 amide bonds. The molecular weight excluding hydrogens is 460 g/mol. The lowest BCUT2D eigenvalue weighted by atomic mass is 9.75. The van der Waals surface area contributed by atoms with Crippen molar-refractivity contribution in [1.82, 2.24) is 0 Å². The Balaban J connectivity index is 1.45. The molecule has 4 rings (SSSR count). The second kappa shape index (κ2) is 11.9. The maximum Gasteiger partial charge on any atom is 0.134 e. The number of hydrogen-bond donors (Lipinski definition) is 0. The van der Waals surface area contributed by atoms with Gasteiger partial charge in [0.15, 0.2) is 0 Å². The van der Waals surface area contributed by atoms with Crippen molar-refractivity contribution in [2.75, 3.05) is 0 Å². The molecule has 1 aliphatic carbocycles. The quantitative estimate of drug-likeness (QED) is 0.216. The molecule has 0 aliphatic heterocycles. The minimum Gasteiger partial charge on any atom is -0.207 e. The lowest BCUT2D eigenvalue weighted by Gasteiger charge is -2.30. The molecule has 1 saturated carbocycles. The molecule has 0 N–H and O–H groups in total. The fraction of sp³-hybridized carbons (Fsp3) is 0.375. The van der Waals surface area contributed by atoms with Crippen molar-refractivity contribution in [1.29, 1.82) is 0 Å². The highest BCUT2D eigenvalue weighted by molar-refractivity contribution is 5.66. The molecule has 0 aromatic heterocycles. The summed E-state index contributed by atoms with van der Waals surface area (Å²) >= 11 is 0. The summed E-state index contributed by atoms with van der Waals surface area (Å²) in [4.78, 5) is 0. The van der Waals surface area contributed by atoms with Crippen LogP contribution in [0.5, 0.6) is 0 Å². The second-order valence-electron chi connectivity index (χ2n) is 10.2. The van der Waals surface area contributed by atoms with Crippen LogP contribution in [-0.2, 0) is 6.42 Å². The van der Waals surface area contributed by atoms with E-state index in [1.54, 1.807) is 0 Å². The fourth-order valence-electron chi connectivity index (χ4n) is 5.63. The van der Waals surface area contributed by atoms with Crippen LogP contribution in [0.1, 0.15) is 80.9 Å². The molecular formula is C32H34F4. The molecule has 1 fully saturated rings. The van der Waals surface area contributed by atoms with E-state index in [9.17, 15) is 8.78 Å². The summed E-state index contributed by atoms with van der Waals surface area (Å²) < 4.78 is 59.4. The van der Waals surface area contributed by atoms with E-state index in [4.69, 9.17) is 0 Å². The van der Waals surface area contributed by atoms with Gasteiger partial charge in [-0.15, -0.1) is 0 Å². The van der Waals surface area contributed by atoms with Gasteiger partial charge in [0.05, 0.1) is 5.56 Å². The summed E-state index contributed by atoms with van der Waals surface area (Å²) in [6, 6.07) is 15.3. The molecule has 1 aliphatic rings. The SMILES string of the molecule is C/C=C/CCc1c(F)cc(-c2c(F)cc(C3CCC(C[C@@H](C)c4ccccc4)CC3)cc2F)cc1F. The summed E-state index contributed by atoms with van der Waals surface area (Å²) in [5, 5.41) is 0. The van der Waals surface area contributed by atoms with Gasteiger partial charge < -0.3 is 0 Å². The molecule has 0 nitrogen and oxygen atoms in total. The molecule has 0 heterocycles. The van der Waals surface area contributed by atoms with Crippen molar-refractivity contribution >= 4 is 0 Å². The van der Waals surface area contributed by atoms with Crippen LogP contribution in [0.25, 0.3) is 11.1 Å². The summed E-state index contributed by atoms with van der Waals surface area (Å²) in [6.07, 6.45) is 9.25. The van der Waals surface area contributed by atoms with Gasteiger partial charge in [-0.25, -0.2) is 17.6 Å². The summed E-state index contributed by atoms with van der Waals surface area (Å²) in [6.45, 7) is 4.09. The smallest absolute Gasteiger partial charge is 0.134 e. The third-order valence-electron chi connectivity index (χ3n) is 7.66. The van der Waals surface area contributed by atoms with Crippen LogP contribution in [0, 0.1) is 29.2 Å².